The molecule has 38 heavy (non-hydrogen) atoms. The molecular formula is C32H29NO5. The van der Waals surface area contributed by atoms with E-state index in [2.05, 4.69) is 0 Å². The molecule has 0 saturated carbocycles. The van der Waals surface area contributed by atoms with Crippen LogP contribution in [-0.4, -0.2) is 25.1 Å². The van der Waals surface area contributed by atoms with Gasteiger partial charge < -0.3 is 14.2 Å². The lowest BCUT2D eigenvalue weighted by Gasteiger charge is -2.25. The highest BCUT2D eigenvalue weighted by Gasteiger charge is 2.47. The van der Waals surface area contributed by atoms with Gasteiger partial charge in [-0.15, -0.1) is 0 Å². The number of hydrogen-bond acceptors (Lipinski definition) is 5. The zero-order chi connectivity index (χ0) is 26.3. The third-order valence-electron chi connectivity index (χ3n) is 6.63. The van der Waals surface area contributed by atoms with Crippen LogP contribution in [-0.2, 0) is 22.6 Å². The highest BCUT2D eigenvalue weighted by atomic mass is 16.6. The Labute approximate surface area is 222 Å². The molecule has 0 N–H and O–H groups in total. The summed E-state index contributed by atoms with van der Waals surface area (Å²) >= 11 is 0. The molecule has 0 spiro atoms. The molecule has 4 aromatic rings. The Morgan fingerprint density at radius 1 is 0.789 bits per heavy atom. The first-order valence-electron chi connectivity index (χ1n) is 12.6. The summed E-state index contributed by atoms with van der Waals surface area (Å²) in [6.45, 7) is 0.448. The number of methoxy groups -OCH3 is 1. The van der Waals surface area contributed by atoms with Gasteiger partial charge in [0.15, 0.2) is 11.9 Å². The molecule has 5 rings (SSSR count). The van der Waals surface area contributed by atoms with Gasteiger partial charge in [-0.05, 0) is 59.5 Å². The van der Waals surface area contributed by atoms with E-state index in [1.54, 1.807) is 36.3 Å². The molecule has 2 unspecified atom stereocenters. The van der Waals surface area contributed by atoms with Crippen molar-refractivity contribution in [1.29, 1.82) is 0 Å². The van der Waals surface area contributed by atoms with Crippen molar-refractivity contribution in [1.82, 2.24) is 0 Å². The lowest BCUT2D eigenvalue weighted by atomic mass is 9.94. The zero-order valence-electron chi connectivity index (χ0n) is 21.2. The van der Waals surface area contributed by atoms with E-state index in [-0.39, 0.29) is 12.2 Å². The Hall–Kier alpha value is -4.58. The first-order valence-corrected chi connectivity index (χ1v) is 12.6. The number of amides is 1. The van der Waals surface area contributed by atoms with Crippen LogP contribution >= 0.6 is 0 Å². The zero-order valence-corrected chi connectivity index (χ0v) is 21.2. The van der Waals surface area contributed by atoms with Crippen LogP contribution in [0.2, 0.25) is 0 Å². The molecule has 0 aromatic heterocycles. The predicted octanol–water partition coefficient (Wildman–Crippen LogP) is 6.54. The van der Waals surface area contributed by atoms with Gasteiger partial charge in [-0.25, -0.2) is 4.79 Å². The summed E-state index contributed by atoms with van der Waals surface area (Å²) in [4.78, 5) is 28.1. The van der Waals surface area contributed by atoms with Crippen molar-refractivity contribution < 1.29 is 23.8 Å². The number of ether oxygens (including phenoxy) is 3. The predicted molar refractivity (Wildman–Crippen MR) is 145 cm³/mol. The third kappa shape index (κ3) is 5.70. The summed E-state index contributed by atoms with van der Waals surface area (Å²) in [5.74, 6) is 1.26. The molecule has 6 heteroatoms. The smallest absolute Gasteiger partial charge is 0.415 e. The quantitative estimate of drug-likeness (QED) is 0.244. The second kappa shape index (κ2) is 11.6. The van der Waals surface area contributed by atoms with E-state index in [0.717, 1.165) is 16.7 Å². The number of carbonyl (C=O) groups is 2. The van der Waals surface area contributed by atoms with Gasteiger partial charge in [0.05, 0.1) is 7.11 Å². The monoisotopic (exact) mass is 507 g/mol. The minimum Gasteiger partial charge on any atom is -0.497 e. The van der Waals surface area contributed by atoms with Gasteiger partial charge >= 0.3 is 6.09 Å². The average molecular weight is 508 g/mol. The minimum absolute atomic E-state index is 0.118. The van der Waals surface area contributed by atoms with Gasteiger partial charge in [-0.3, -0.25) is 9.69 Å². The Morgan fingerprint density at radius 2 is 1.39 bits per heavy atom. The topological polar surface area (TPSA) is 65.1 Å². The highest BCUT2D eigenvalue weighted by molar-refractivity contribution is 5.97. The third-order valence-corrected chi connectivity index (χ3v) is 6.63. The van der Waals surface area contributed by atoms with Crippen LogP contribution in [0.3, 0.4) is 0 Å². The van der Waals surface area contributed by atoms with Crippen molar-refractivity contribution in [2.24, 2.45) is 0 Å². The summed E-state index contributed by atoms with van der Waals surface area (Å²) in [6, 6.07) is 33.8. The van der Waals surface area contributed by atoms with Crippen LogP contribution in [0.5, 0.6) is 11.5 Å². The van der Waals surface area contributed by atoms with E-state index < -0.39 is 18.2 Å². The van der Waals surface area contributed by atoms with Crippen LogP contribution < -0.4 is 14.4 Å². The fraction of sp³-hybridized carbons (Fsp3) is 0.188. The number of rotatable bonds is 10. The van der Waals surface area contributed by atoms with Crippen molar-refractivity contribution in [3.8, 4) is 11.5 Å². The van der Waals surface area contributed by atoms with Gasteiger partial charge in [-0.2, -0.15) is 0 Å². The number of benzene rings is 4. The SMILES string of the molecule is COc1ccc(N2C(=O)OC(C(=O)CCc3ccccc3)C2c2ccc(OCc3ccccc3)cc2)cc1. The first-order chi connectivity index (χ1) is 18.6. The second-order valence-corrected chi connectivity index (χ2v) is 9.11. The molecule has 1 saturated heterocycles. The largest absolute Gasteiger partial charge is 0.497 e. The summed E-state index contributed by atoms with van der Waals surface area (Å²) in [7, 11) is 1.59. The number of aryl methyl sites for hydroxylation is 1. The molecular weight excluding hydrogens is 478 g/mol. The maximum absolute atomic E-state index is 13.4. The molecule has 6 nitrogen and oxygen atoms in total. The second-order valence-electron chi connectivity index (χ2n) is 9.11. The molecule has 0 aliphatic carbocycles. The van der Waals surface area contributed by atoms with Crippen LogP contribution in [0.4, 0.5) is 10.5 Å². The first kappa shape index (κ1) is 25.1. The Kier molecular flexibility index (Phi) is 7.69. The van der Waals surface area contributed by atoms with Crippen molar-refractivity contribution in [2.75, 3.05) is 12.0 Å². The Bertz CT molecular complexity index is 1350. The molecule has 0 radical (unpaired) electrons. The minimum atomic E-state index is -0.926. The van der Waals surface area contributed by atoms with E-state index in [1.165, 1.54) is 0 Å². The van der Waals surface area contributed by atoms with Crippen molar-refractivity contribution in [3.05, 3.63) is 126 Å². The van der Waals surface area contributed by atoms with Gasteiger partial charge in [0.2, 0.25) is 0 Å². The van der Waals surface area contributed by atoms with E-state index in [1.807, 2.05) is 84.9 Å². The van der Waals surface area contributed by atoms with Gasteiger partial charge in [-0.1, -0.05) is 72.8 Å². The lowest BCUT2D eigenvalue weighted by molar-refractivity contribution is -0.126. The van der Waals surface area contributed by atoms with Gasteiger partial charge in [0.25, 0.3) is 0 Å². The number of hydrogen-bond donors (Lipinski definition) is 0. The lowest BCUT2D eigenvalue weighted by Crippen LogP contribution is -2.33. The molecule has 1 aliphatic heterocycles. The molecule has 1 heterocycles. The summed E-state index contributed by atoms with van der Waals surface area (Å²) in [5, 5.41) is 0. The van der Waals surface area contributed by atoms with E-state index in [4.69, 9.17) is 14.2 Å². The molecule has 1 fully saturated rings. The number of ketones is 1. The Morgan fingerprint density at radius 3 is 2.03 bits per heavy atom. The Balaban J connectivity index is 1.39. The van der Waals surface area contributed by atoms with Crippen LogP contribution in [0, 0.1) is 0 Å². The molecule has 192 valence electrons. The van der Waals surface area contributed by atoms with E-state index >= 15 is 0 Å². The van der Waals surface area contributed by atoms with Crippen LogP contribution in [0.1, 0.15) is 29.2 Å². The van der Waals surface area contributed by atoms with E-state index in [0.29, 0.717) is 30.2 Å². The van der Waals surface area contributed by atoms with Crippen molar-refractivity contribution in [3.63, 3.8) is 0 Å². The summed E-state index contributed by atoms with van der Waals surface area (Å²) < 4.78 is 16.9. The van der Waals surface area contributed by atoms with Gasteiger partial charge in [0.1, 0.15) is 24.1 Å². The molecule has 2 atom stereocenters. The van der Waals surface area contributed by atoms with Crippen molar-refractivity contribution >= 4 is 17.6 Å². The molecule has 0 bridgehead atoms. The number of anilines is 1. The van der Waals surface area contributed by atoms with Crippen molar-refractivity contribution in [2.45, 2.75) is 31.6 Å². The maximum atomic E-state index is 13.4. The number of Topliss-reactive ketones (excluding diaryl/α,β-unsaturated/α-hetero) is 1. The van der Waals surface area contributed by atoms with Gasteiger partial charge in [0, 0.05) is 12.1 Å². The number of cyclic esters (lactones) is 1. The molecule has 1 amide bonds. The number of nitrogens with zero attached hydrogens (tertiary/aromatic N) is 1. The van der Waals surface area contributed by atoms with Crippen LogP contribution in [0.15, 0.2) is 109 Å². The summed E-state index contributed by atoms with van der Waals surface area (Å²) in [6.07, 6.45) is -0.630. The molecule has 4 aromatic carbocycles. The standard InChI is InChI=1S/C32H29NO5/c1-36-27-19-15-26(16-20-27)33-30(25-13-17-28(18-14-25)37-22-24-10-6-3-7-11-24)31(38-32(33)35)29(34)21-12-23-8-4-2-5-9-23/h2-11,13-20,30-31H,12,21-22H2,1H3. The average Bonchev–Trinajstić information content (AvgIpc) is 3.33. The number of carbonyl (C=O) groups excluding carboxylic acids is 2. The van der Waals surface area contributed by atoms with Crippen LogP contribution in [0.25, 0.3) is 0 Å². The summed E-state index contributed by atoms with van der Waals surface area (Å²) in [5.41, 5.74) is 3.55. The fourth-order valence-corrected chi connectivity index (χ4v) is 4.61. The highest BCUT2D eigenvalue weighted by Crippen LogP contribution is 2.39. The van der Waals surface area contributed by atoms with E-state index in [9.17, 15) is 9.59 Å². The molecule has 1 aliphatic rings. The maximum Gasteiger partial charge on any atom is 0.415 e. The normalized spacial score (nSPS) is 16.7. The fourth-order valence-electron chi connectivity index (χ4n) is 4.61.